The Morgan fingerprint density at radius 1 is 1.48 bits per heavy atom. The third-order valence-electron chi connectivity index (χ3n) is 4.06. The smallest absolute Gasteiger partial charge is 0.243 e. The summed E-state index contributed by atoms with van der Waals surface area (Å²) >= 11 is 0. The molecule has 8 heteroatoms. The molecule has 23 heavy (non-hydrogen) atoms. The van der Waals surface area contributed by atoms with E-state index >= 15 is 0 Å². The molecule has 2 amide bonds. The number of guanidine groups is 1. The van der Waals surface area contributed by atoms with Crippen LogP contribution in [0.15, 0.2) is 17.6 Å². The molecule has 0 aliphatic carbocycles. The minimum absolute atomic E-state index is 0. The van der Waals surface area contributed by atoms with Crippen LogP contribution >= 0.6 is 24.0 Å². The molecule has 1 atom stereocenters. The number of rotatable bonds is 4. The number of nitrogens with zero attached hydrogens (tertiary/aromatic N) is 4. The number of fused-ring (bicyclic) bond motifs is 1. The Kier molecular flexibility index (Phi) is 7.80. The van der Waals surface area contributed by atoms with Gasteiger partial charge < -0.3 is 20.0 Å². The number of carbonyl (C=O) groups is 2. The predicted octanol–water partition coefficient (Wildman–Crippen LogP) is 0.131. The fourth-order valence-electron chi connectivity index (χ4n) is 2.77. The lowest BCUT2D eigenvalue weighted by Crippen LogP contribution is -2.56. The number of hydrogen-bond acceptors (Lipinski definition) is 3. The van der Waals surface area contributed by atoms with Crippen LogP contribution in [0, 0.1) is 0 Å². The highest BCUT2D eigenvalue weighted by Crippen LogP contribution is 2.22. The lowest BCUT2D eigenvalue weighted by Gasteiger charge is -2.39. The van der Waals surface area contributed by atoms with Gasteiger partial charge in [-0.3, -0.25) is 9.59 Å². The summed E-state index contributed by atoms with van der Waals surface area (Å²) in [5.41, 5.74) is 0. The number of hydrogen-bond donors (Lipinski definition) is 1. The Balaban J connectivity index is 0.00000264. The molecule has 2 saturated heterocycles. The highest BCUT2D eigenvalue weighted by Gasteiger charge is 2.36. The van der Waals surface area contributed by atoms with Gasteiger partial charge in [0.05, 0.1) is 0 Å². The zero-order valence-electron chi connectivity index (χ0n) is 13.8. The summed E-state index contributed by atoms with van der Waals surface area (Å²) < 4.78 is 0. The molecule has 2 fully saturated rings. The van der Waals surface area contributed by atoms with Gasteiger partial charge in [0.25, 0.3) is 0 Å². The molecular formula is C15H26IN5O2. The summed E-state index contributed by atoms with van der Waals surface area (Å²) in [5, 5.41) is 3.21. The van der Waals surface area contributed by atoms with Crippen LogP contribution in [-0.2, 0) is 9.59 Å². The minimum Gasteiger partial charge on any atom is -0.353 e. The summed E-state index contributed by atoms with van der Waals surface area (Å²) in [6.45, 7) is 6.65. The van der Waals surface area contributed by atoms with E-state index in [0.29, 0.717) is 18.9 Å². The molecule has 2 rings (SSSR count). The van der Waals surface area contributed by atoms with Crippen molar-refractivity contribution in [3.8, 4) is 0 Å². The van der Waals surface area contributed by atoms with Crippen molar-refractivity contribution in [2.24, 2.45) is 4.99 Å². The van der Waals surface area contributed by atoms with Gasteiger partial charge in [-0.25, -0.2) is 4.99 Å². The number of carbonyl (C=O) groups excluding carboxylic acids is 2. The Hall–Kier alpha value is -1.32. The van der Waals surface area contributed by atoms with E-state index < -0.39 is 0 Å². The number of amides is 2. The Bertz CT molecular complexity index is 480. The van der Waals surface area contributed by atoms with Gasteiger partial charge in [0.2, 0.25) is 11.8 Å². The molecule has 0 bridgehead atoms. The van der Waals surface area contributed by atoms with Crippen LogP contribution in [0.25, 0.3) is 0 Å². The molecule has 0 aromatic carbocycles. The molecule has 130 valence electrons. The van der Waals surface area contributed by atoms with Crippen molar-refractivity contribution in [2.45, 2.75) is 18.9 Å². The predicted molar refractivity (Wildman–Crippen MR) is 101 cm³/mol. The van der Waals surface area contributed by atoms with E-state index in [1.807, 2.05) is 4.90 Å². The molecule has 7 nitrogen and oxygen atoms in total. The lowest BCUT2D eigenvalue weighted by atomic mass is 10.1. The summed E-state index contributed by atoms with van der Waals surface area (Å²) in [4.78, 5) is 33.5. The highest BCUT2D eigenvalue weighted by atomic mass is 127. The molecule has 0 aromatic rings. The number of piperazine rings is 1. The third kappa shape index (κ3) is 5.08. The van der Waals surface area contributed by atoms with E-state index in [-0.39, 0.29) is 48.4 Å². The second-order valence-electron chi connectivity index (χ2n) is 5.82. The van der Waals surface area contributed by atoms with Gasteiger partial charge in [0.15, 0.2) is 5.96 Å². The molecule has 1 N–H and O–H groups in total. The molecule has 2 heterocycles. The zero-order valence-corrected chi connectivity index (χ0v) is 16.2. The van der Waals surface area contributed by atoms with E-state index in [2.05, 4.69) is 21.8 Å². The van der Waals surface area contributed by atoms with E-state index in [0.717, 1.165) is 26.1 Å². The lowest BCUT2D eigenvalue weighted by molar-refractivity contribution is -0.130. The molecule has 2 aliphatic heterocycles. The Morgan fingerprint density at radius 3 is 2.87 bits per heavy atom. The third-order valence-corrected chi connectivity index (χ3v) is 4.06. The van der Waals surface area contributed by atoms with Gasteiger partial charge in [-0.05, 0) is 6.42 Å². The largest absolute Gasteiger partial charge is 0.353 e. The number of likely N-dealkylation sites (N-methyl/N-ethyl adjacent to an activating group) is 1. The topological polar surface area (TPSA) is 68.2 Å². The van der Waals surface area contributed by atoms with Crippen LogP contribution in [0.2, 0.25) is 0 Å². The monoisotopic (exact) mass is 435 g/mol. The fourth-order valence-corrected chi connectivity index (χ4v) is 2.77. The van der Waals surface area contributed by atoms with Gasteiger partial charge in [-0.2, -0.15) is 0 Å². The van der Waals surface area contributed by atoms with Crippen LogP contribution in [0.4, 0.5) is 0 Å². The van der Waals surface area contributed by atoms with E-state index in [1.54, 1.807) is 20.2 Å². The van der Waals surface area contributed by atoms with Crippen molar-refractivity contribution < 1.29 is 9.59 Å². The molecule has 1 unspecified atom stereocenters. The normalized spacial score (nSPS) is 20.7. The average Bonchev–Trinajstić information content (AvgIpc) is 2.87. The first-order valence-corrected chi connectivity index (χ1v) is 7.66. The van der Waals surface area contributed by atoms with Crippen LogP contribution < -0.4 is 5.32 Å². The molecular weight excluding hydrogens is 409 g/mol. The van der Waals surface area contributed by atoms with Crippen LogP contribution in [0.3, 0.4) is 0 Å². The minimum atomic E-state index is -0.0346. The van der Waals surface area contributed by atoms with Crippen molar-refractivity contribution in [1.82, 2.24) is 20.0 Å². The highest BCUT2D eigenvalue weighted by molar-refractivity contribution is 14.0. The van der Waals surface area contributed by atoms with Gasteiger partial charge in [-0.1, -0.05) is 6.08 Å². The second kappa shape index (κ2) is 9.09. The van der Waals surface area contributed by atoms with Crippen LogP contribution in [0.5, 0.6) is 0 Å². The van der Waals surface area contributed by atoms with Gasteiger partial charge in [0.1, 0.15) is 6.54 Å². The van der Waals surface area contributed by atoms with E-state index in [9.17, 15) is 9.59 Å². The summed E-state index contributed by atoms with van der Waals surface area (Å²) in [5.74, 6) is 0.937. The van der Waals surface area contributed by atoms with Gasteiger partial charge in [0, 0.05) is 52.7 Å². The number of nitrogens with one attached hydrogen (secondary N) is 1. The molecule has 0 saturated carbocycles. The standard InChI is InChI=1S/C15H25N5O2.HI/c1-4-7-16-15(17-10-14(22)18(2)3)19-8-9-20-12(11-19)5-6-13(20)21;/h4,12H,1,5-11H2,2-3H3,(H,16,17);1H. The summed E-state index contributed by atoms with van der Waals surface area (Å²) in [6.07, 6.45) is 3.31. The maximum absolute atomic E-state index is 11.7. The second-order valence-corrected chi connectivity index (χ2v) is 5.82. The van der Waals surface area contributed by atoms with Crippen molar-refractivity contribution in [3.05, 3.63) is 12.7 Å². The first-order chi connectivity index (χ1) is 10.5. The maximum atomic E-state index is 11.7. The van der Waals surface area contributed by atoms with Crippen molar-refractivity contribution in [1.29, 1.82) is 0 Å². The van der Waals surface area contributed by atoms with Gasteiger partial charge in [-0.15, -0.1) is 30.6 Å². The summed E-state index contributed by atoms with van der Waals surface area (Å²) in [7, 11) is 3.44. The quantitative estimate of drug-likeness (QED) is 0.295. The first kappa shape index (κ1) is 19.7. The molecule has 0 spiro atoms. The molecule has 0 radical (unpaired) electrons. The molecule has 0 aromatic heterocycles. The van der Waals surface area contributed by atoms with Crippen molar-refractivity contribution in [3.63, 3.8) is 0 Å². The van der Waals surface area contributed by atoms with Crippen molar-refractivity contribution >= 4 is 41.8 Å². The van der Waals surface area contributed by atoms with Crippen LogP contribution in [-0.4, -0.2) is 85.3 Å². The SMILES string of the molecule is C=CCNC(=NCC(=O)N(C)C)N1CCN2C(=O)CCC2C1.I. The Labute approximate surface area is 154 Å². The van der Waals surface area contributed by atoms with E-state index in [4.69, 9.17) is 0 Å². The zero-order chi connectivity index (χ0) is 16.1. The average molecular weight is 435 g/mol. The fraction of sp³-hybridized carbons (Fsp3) is 0.667. The number of halogens is 1. The Morgan fingerprint density at radius 2 is 2.22 bits per heavy atom. The number of aliphatic imine (C=N–C) groups is 1. The van der Waals surface area contributed by atoms with Crippen LogP contribution in [0.1, 0.15) is 12.8 Å². The van der Waals surface area contributed by atoms with Crippen molar-refractivity contribution in [2.75, 3.05) is 46.8 Å². The first-order valence-electron chi connectivity index (χ1n) is 7.66. The summed E-state index contributed by atoms with van der Waals surface area (Å²) in [6, 6.07) is 0.265. The van der Waals surface area contributed by atoms with Gasteiger partial charge >= 0.3 is 0 Å². The van der Waals surface area contributed by atoms with E-state index in [1.165, 1.54) is 4.90 Å². The molecule has 2 aliphatic rings. The maximum Gasteiger partial charge on any atom is 0.243 e.